The number of nitrogens with one attached hydrogen (secondary N) is 1. The predicted octanol–water partition coefficient (Wildman–Crippen LogP) is 1.50. The fraction of sp³-hybridized carbons (Fsp3) is 0.333. The molecule has 0 aromatic carbocycles. The highest BCUT2D eigenvalue weighted by molar-refractivity contribution is 5.40. The molecule has 0 aliphatic carbocycles. The molecule has 12 heavy (non-hydrogen) atoms. The number of hydrogen-bond acceptors (Lipinski definition) is 2. The second-order valence-electron chi connectivity index (χ2n) is 3.20. The summed E-state index contributed by atoms with van der Waals surface area (Å²) in [5, 5.41) is 3.23. The molecule has 2 nitrogen and oxygen atoms in total. The number of rotatable bonds is 0. The summed E-state index contributed by atoms with van der Waals surface area (Å²) in [5.41, 5.74) is 2.08. The Bertz CT molecular complexity index is 302. The largest absolute Gasteiger partial charge is 0.365 e. The van der Waals surface area contributed by atoms with Crippen LogP contribution in [0.15, 0.2) is 35.4 Å². The van der Waals surface area contributed by atoms with Gasteiger partial charge in [-0.25, -0.2) is 4.39 Å². The maximum absolute atomic E-state index is 12.9. The van der Waals surface area contributed by atoms with Crippen LogP contribution in [0.2, 0.25) is 0 Å². The second kappa shape index (κ2) is 2.37. The molecule has 2 rings (SSSR count). The fourth-order valence-corrected chi connectivity index (χ4v) is 1.59. The van der Waals surface area contributed by atoms with E-state index in [9.17, 15) is 4.39 Å². The second-order valence-corrected chi connectivity index (χ2v) is 3.20. The van der Waals surface area contributed by atoms with E-state index < -0.39 is 0 Å². The van der Waals surface area contributed by atoms with Crippen molar-refractivity contribution < 1.29 is 4.39 Å². The van der Waals surface area contributed by atoms with Gasteiger partial charge in [0, 0.05) is 18.9 Å². The first-order valence-corrected chi connectivity index (χ1v) is 3.92. The summed E-state index contributed by atoms with van der Waals surface area (Å²) < 4.78 is 12.9. The van der Waals surface area contributed by atoms with Crippen LogP contribution in [-0.2, 0) is 0 Å². The summed E-state index contributed by atoms with van der Waals surface area (Å²) >= 11 is 0. The summed E-state index contributed by atoms with van der Waals surface area (Å²) in [4.78, 5) is 1.83. The Balaban J connectivity index is 2.35. The summed E-state index contributed by atoms with van der Waals surface area (Å²) in [6.45, 7) is 1.98. The molecular formula is C9H11FN2. The van der Waals surface area contributed by atoms with Gasteiger partial charge in [0.05, 0.1) is 0 Å². The van der Waals surface area contributed by atoms with Gasteiger partial charge in [-0.2, -0.15) is 0 Å². The molecule has 0 saturated heterocycles. The van der Waals surface area contributed by atoms with E-state index in [4.69, 9.17) is 0 Å². The molecule has 2 heterocycles. The van der Waals surface area contributed by atoms with Gasteiger partial charge in [0.2, 0.25) is 0 Å². The minimum atomic E-state index is -0.184. The average Bonchev–Trinajstić information content (AvgIpc) is 2.29. The summed E-state index contributed by atoms with van der Waals surface area (Å²) in [6.07, 6.45) is 5.15. The highest BCUT2D eigenvalue weighted by Crippen LogP contribution is 2.24. The maximum atomic E-state index is 12.9. The normalized spacial score (nSPS) is 27.1. The van der Waals surface area contributed by atoms with E-state index in [0.717, 1.165) is 11.3 Å². The quantitative estimate of drug-likeness (QED) is 0.586. The van der Waals surface area contributed by atoms with Crippen molar-refractivity contribution >= 4 is 0 Å². The molecule has 2 aliphatic heterocycles. The van der Waals surface area contributed by atoms with Gasteiger partial charge >= 0.3 is 0 Å². The summed E-state index contributed by atoms with van der Waals surface area (Å²) in [5.74, 6) is -0.184. The summed E-state index contributed by atoms with van der Waals surface area (Å²) in [7, 11) is 1.86. The van der Waals surface area contributed by atoms with Crippen LogP contribution in [0, 0.1) is 0 Å². The number of allylic oxidation sites excluding steroid dienone is 3. The Labute approximate surface area is 71.1 Å². The SMILES string of the molecule is CC1=CC2=CC(F)=CN(C)C2N1. The minimum absolute atomic E-state index is 0.129. The molecule has 0 fully saturated rings. The van der Waals surface area contributed by atoms with Crippen LogP contribution < -0.4 is 5.32 Å². The molecular weight excluding hydrogens is 155 g/mol. The van der Waals surface area contributed by atoms with Crippen LogP contribution in [0.25, 0.3) is 0 Å². The molecule has 0 spiro atoms. The molecule has 0 aromatic rings. The Morgan fingerprint density at radius 1 is 1.50 bits per heavy atom. The molecule has 0 bridgehead atoms. The van der Waals surface area contributed by atoms with Gasteiger partial charge in [-0.1, -0.05) is 0 Å². The van der Waals surface area contributed by atoms with Crippen molar-refractivity contribution in [3.63, 3.8) is 0 Å². The van der Waals surface area contributed by atoms with Gasteiger partial charge in [-0.3, -0.25) is 0 Å². The van der Waals surface area contributed by atoms with E-state index >= 15 is 0 Å². The lowest BCUT2D eigenvalue weighted by Crippen LogP contribution is -2.38. The van der Waals surface area contributed by atoms with Crippen LogP contribution in [0.1, 0.15) is 6.92 Å². The number of halogens is 1. The van der Waals surface area contributed by atoms with E-state index in [1.807, 2.05) is 24.9 Å². The molecule has 0 aromatic heterocycles. The Hall–Kier alpha value is -1.25. The summed E-state index contributed by atoms with van der Waals surface area (Å²) in [6, 6.07) is 0. The average molecular weight is 166 g/mol. The third kappa shape index (κ3) is 1.02. The third-order valence-electron chi connectivity index (χ3n) is 2.10. The minimum Gasteiger partial charge on any atom is -0.365 e. The van der Waals surface area contributed by atoms with Gasteiger partial charge in [0.15, 0.2) is 0 Å². The van der Waals surface area contributed by atoms with E-state index in [-0.39, 0.29) is 12.0 Å². The van der Waals surface area contributed by atoms with Crippen molar-refractivity contribution in [3.05, 3.63) is 35.4 Å². The zero-order valence-electron chi connectivity index (χ0n) is 7.13. The highest BCUT2D eigenvalue weighted by atomic mass is 19.1. The lowest BCUT2D eigenvalue weighted by atomic mass is 10.1. The maximum Gasteiger partial charge on any atom is 0.139 e. The monoisotopic (exact) mass is 166 g/mol. The van der Waals surface area contributed by atoms with Crippen molar-refractivity contribution in [2.75, 3.05) is 7.05 Å². The van der Waals surface area contributed by atoms with E-state index in [2.05, 4.69) is 5.32 Å². The molecule has 1 atom stereocenters. The van der Waals surface area contributed by atoms with Crippen LogP contribution in [0.5, 0.6) is 0 Å². The molecule has 0 amide bonds. The van der Waals surface area contributed by atoms with Gasteiger partial charge in [-0.05, 0) is 24.6 Å². The fourth-order valence-electron chi connectivity index (χ4n) is 1.59. The van der Waals surface area contributed by atoms with E-state index in [1.165, 1.54) is 6.20 Å². The van der Waals surface area contributed by atoms with Crippen molar-refractivity contribution in [1.29, 1.82) is 0 Å². The smallest absolute Gasteiger partial charge is 0.139 e. The van der Waals surface area contributed by atoms with Crippen LogP contribution in [0.4, 0.5) is 4.39 Å². The Morgan fingerprint density at radius 2 is 2.25 bits per heavy atom. The lowest BCUT2D eigenvalue weighted by molar-refractivity contribution is 0.333. The number of likely N-dealkylation sites (N-methyl/N-ethyl adjacent to an activating group) is 1. The zero-order valence-corrected chi connectivity index (χ0v) is 7.13. The molecule has 1 unspecified atom stereocenters. The first-order valence-electron chi connectivity index (χ1n) is 3.92. The van der Waals surface area contributed by atoms with Crippen LogP contribution in [0.3, 0.4) is 0 Å². The third-order valence-corrected chi connectivity index (χ3v) is 2.10. The van der Waals surface area contributed by atoms with Gasteiger partial charge in [-0.15, -0.1) is 0 Å². The van der Waals surface area contributed by atoms with Crippen molar-refractivity contribution in [3.8, 4) is 0 Å². The van der Waals surface area contributed by atoms with Crippen molar-refractivity contribution in [2.24, 2.45) is 0 Å². The zero-order chi connectivity index (χ0) is 8.72. The molecule has 0 saturated carbocycles. The highest BCUT2D eigenvalue weighted by Gasteiger charge is 2.24. The van der Waals surface area contributed by atoms with E-state index in [1.54, 1.807) is 6.08 Å². The first kappa shape index (κ1) is 7.40. The Morgan fingerprint density at radius 3 is 3.00 bits per heavy atom. The number of hydrogen-bond donors (Lipinski definition) is 1. The number of fused-ring (bicyclic) bond motifs is 1. The lowest BCUT2D eigenvalue weighted by Gasteiger charge is -2.27. The van der Waals surface area contributed by atoms with Crippen LogP contribution in [-0.4, -0.2) is 18.1 Å². The van der Waals surface area contributed by atoms with Gasteiger partial charge < -0.3 is 10.2 Å². The van der Waals surface area contributed by atoms with Crippen LogP contribution >= 0.6 is 0 Å². The molecule has 0 radical (unpaired) electrons. The van der Waals surface area contributed by atoms with E-state index in [0.29, 0.717) is 0 Å². The van der Waals surface area contributed by atoms with Crippen molar-refractivity contribution in [2.45, 2.75) is 13.1 Å². The molecule has 1 N–H and O–H groups in total. The van der Waals surface area contributed by atoms with Gasteiger partial charge in [0.1, 0.15) is 12.0 Å². The molecule has 2 aliphatic rings. The van der Waals surface area contributed by atoms with Crippen molar-refractivity contribution in [1.82, 2.24) is 10.2 Å². The Kier molecular flexibility index (Phi) is 1.46. The molecule has 64 valence electrons. The molecule has 3 heteroatoms. The predicted molar refractivity (Wildman–Crippen MR) is 45.7 cm³/mol. The topological polar surface area (TPSA) is 15.3 Å². The standard InChI is InChI=1S/C9H11FN2/c1-6-3-7-4-8(10)5-12(2)9(7)11-6/h3-5,9,11H,1-2H3. The first-order chi connectivity index (χ1) is 5.66. The van der Waals surface area contributed by atoms with Gasteiger partial charge in [0.25, 0.3) is 0 Å². The number of nitrogens with zero attached hydrogens (tertiary/aromatic N) is 1.